The molecule has 1 aromatic rings. The molecule has 0 bridgehead atoms. The van der Waals surface area contributed by atoms with E-state index in [4.69, 9.17) is 11.6 Å². The van der Waals surface area contributed by atoms with Crippen LogP contribution in [-0.2, 0) is 5.75 Å². The van der Waals surface area contributed by atoms with Gasteiger partial charge in [0.05, 0.1) is 0 Å². The monoisotopic (exact) mass is 237 g/mol. The number of rotatable bonds is 5. The molecule has 1 heterocycles. The largest absolute Gasteiger partial charge is 0.309 e. The molecule has 0 aliphatic carbocycles. The topological polar surface area (TPSA) is 29.0 Å². The second kappa shape index (κ2) is 5.80. The molecule has 0 fully saturated rings. The van der Waals surface area contributed by atoms with Crippen molar-refractivity contribution in [2.24, 2.45) is 0 Å². The number of nitrogens with zero attached hydrogens (tertiary/aromatic N) is 3. The maximum absolute atomic E-state index is 5.65. The van der Waals surface area contributed by atoms with Crippen LogP contribution < -0.4 is 0 Å². The smallest absolute Gasteiger partial charge is 0.207 e. The van der Waals surface area contributed by atoms with Gasteiger partial charge in [0.25, 0.3) is 0 Å². The van der Waals surface area contributed by atoms with E-state index in [1.54, 1.807) is 0 Å². The number of hydrogen-bond acceptors (Lipinski definition) is 5. The lowest BCUT2D eigenvalue weighted by molar-refractivity contribution is 0.437. The Morgan fingerprint density at radius 1 is 1.46 bits per heavy atom. The Balaban J connectivity index is 2.13. The average molecular weight is 238 g/mol. The minimum Gasteiger partial charge on any atom is -0.309 e. The van der Waals surface area contributed by atoms with Gasteiger partial charge < -0.3 is 4.90 Å². The van der Waals surface area contributed by atoms with E-state index in [9.17, 15) is 0 Å². The van der Waals surface area contributed by atoms with Gasteiger partial charge >= 0.3 is 0 Å². The van der Waals surface area contributed by atoms with Crippen molar-refractivity contribution in [3.05, 3.63) is 9.47 Å². The van der Waals surface area contributed by atoms with Crippen LogP contribution in [0.2, 0.25) is 4.47 Å². The summed E-state index contributed by atoms with van der Waals surface area (Å²) < 4.78 is 0.531. The summed E-state index contributed by atoms with van der Waals surface area (Å²) in [7, 11) is 4.14. The van der Waals surface area contributed by atoms with E-state index < -0.39 is 0 Å². The normalized spacial score (nSPS) is 11.1. The number of hydrogen-bond donors (Lipinski definition) is 0. The summed E-state index contributed by atoms with van der Waals surface area (Å²) in [5.74, 6) is 2.03. The van der Waals surface area contributed by atoms with Crippen LogP contribution in [0.25, 0.3) is 0 Å². The third-order valence-corrected chi connectivity index (χ3v) is 3.50. The highest BCUT2D eigenvalue weighted by molar-refractivity contribution is 7.98. The highest BCUT2D eigenvalue weighted by atomic mass is 35.5. The third-order valence-electron chi connectivity index (χ3n) is 1.35. The molecular weight excluding hydrogens is 226 g/mol. The fourth-order valence-electron chi connectivity index (χ4n) is 0.698. The van der Waals surface area contributed by atoms with Crippen molar-refractivity contribution >= 4 is 34.7 Å². The number of thioether (sulfide) groups is 1. The molecule has 6 heteroatoms. The molecule has 0 saturated carbocycles. The Morgan fingerprint density at radius 3 is 2.77 bits per heavy atom. The standard InChI is InChI=1S/C7H12ClN3S2/c1-11(2)3-4-12-5-6-9-10-7(8)13-6/h3-5H2,1-2H3. The minimum atomic E-state index is 0.531. The summed E-state index contributed by atoms with van der Waals surface area (Å²) in [5, 5.41) is 8.68. The van der Waals surface area contributed by atoms with E-state index in [0.717, 1.165) is 23.1 Å². The van der Waals surface area contributed by atoms with E-state index in [1.165, 1.54) is 11.3 Å². The summed E-state index contributed by atoms with van der Waals surface area (Å²) in [6, 6.07) is 0. The second-order valence-electron chi connectivity index (χ2n) is 2.80. The van der Waals surface area contributed by atoms with Crippen molar-refractivity contribution in [3.8, 4) is 0 Å². The van der Waals surface area contributed by atoms with Gasteiger partial charge in [-0.25, -0.2) is 0 Å². The second-order valence-corrected chi connectivity index (χ2v) is 5.55. The molecular formula is C7H12ClN3S2. The van der Waals surface area contributed by atoms with E-state index >= 15 is 0 Å². The molecule has 74 valence electrons. The van der Waals surface area contributed by atoms with Gasteiger partial charge in [-0.1, -0.05) is 11.3 Å². The maximum Gasteiger partial charge on any atom is 0.207 e. The first-order valence-electron chi connectivity index (χ1n) is 3.89. The van der Waals surface area contributed by atoms with E-state index in [0.29, 0.717) is 4.47 Å². The quantitative estimate of drug-likeness (QED) is 0.733. The van der Waals surface area contributed by atoms with Crippen LogP contribution in [0.1, 0.15) is 5.01 Å². The number of halogens is 1. The Hall–Kier alpha value is 0.160. The molecule has 13 heavy (non-hydrogen) atoms. The van der Waals surface area contributed by atoms with Crippen molar-refractivity contribution in [2.75, 3.05) is 26.4 Å². The van der Waals surface area contributed by atoms with E-state index in [-0.39, 0.29) is 0 Å². The van der Waals surface area contributed by atoms with Gasteiger partial charge in [-0.15, -0.1) is 10.2 Å². The molecule has 0 unspecified atom stereocenters. The van der Waals surface area contributed by atoms with Gasteiger partial charge in [-0.3, -0.25) is 0 Å². The minimum absolute atomic E-state index is 0.531. The van der Waals surface area contributed by atoms with Gasteiger partial charge in [0.1, 0.15) is 5.01 Å². The molecule has 0 aliphatic rings. The molecule has 0 spiro atoms. The van der Waals surface area contributed by atoms with Crippen molar-refractivity contribution in [3.63, 3.8) is 0 Å². The van der Waals surface area contributed by atoms with Crippen LogP contribution in [0.5, 0.6) is 0 Å². The molecule has 3 nitrogen and oxygen atoms in total. The molecule has 1 rings (SSSR count). The first-order chi connectivity index (χ1) is 6.18. The van der Waals surface area contributed by atoms with Gasteiger partial charge in [0.15, 0.2) is 0 Å². The first-order valence-corrected chi connectivity index (χ1v) is 6.24. The summed E-state index contributed by atoms with van der Waals surface area (Å²) in [5.41, 5.74) is 0. The van der Waals surface area contributed by atoms with E-state index in [1.807, 2.05) is 11.8 Å². The van der Waals surface area contributed by atoms with Crippen LogP contribution in [0.4, 0.5) is 0 Å². The molecule has 0 aromatic carbocycles. The zero-order valence-electron chi connectivity index (χ0n) is 7.66. The Kier molecular flexibility index (Phi) is 5.01. The van der Waals surface area contributed by atoms with Crippen LogP contribution in [0.3, 0.4) is 0 Å². The Morgan fingerprint density at radius 2 is 2.23 bits per heavy atom. The maximum atomic E-state index is 5.65. The van der Waals surface area contributed by atoms with Crippen LogP contribution >= 0.6 is 34.7 Å². The van der Waals surface area contributed by atoms with Gasteiger partial charge in [0, 0.05) is 18.1 Å². The van der Waals surface area contributed by atoms with Crippen LogP contribution in [0.15, 0.2) is 0 Å². The van der Waals surface area contributed by atoms with Gasteiger partial charge in [-0.05, 0) is 25.7 Å². The predicted molar refractivity (Wildman–Crippen MR) is 59.6 cm³/mol. The van der Waals surface area contributed by atoms with Crippen molar-refractivity contribution < 1.29 is 0 Å². The molecule has 1 aromatic heterocycles. The summed E-state index contributed by atoms with van der Waals surface area (Å²) in [4.78, 5) is 2.17. The Labute approximate surface area is 91.5 Å². The zero-order chi connectivity index (χ0) is 9.68. The fourth-order valence-corrected chi connectivity index (χ4v) is 2.72. The molecule has 0 N–H and O–H groups in total. The highest BCUT2D eigenvalue weighted by Gasteiger charge is 2.01. The first kappa shape index (κ1) is 11.2. The average Bonchev–Trinajstić information content (AvgIpc) is 2.45. The number of aromatic nitrogens is 2. The van der Waals surface area contributed by atoms with Crippen LogP contribution in [-0.4, -0.2) is 41.5 Å². The van der Waals surface area contributed by atoms with Gasteiger partial charge in [0.2, 0.25) is 4.47 Å². The summed E-state index contributed by atoms with van der Waals surface area (Å²) in [6.45, 7) is 1.09. The van der Waals surface area contributed by atoms with Gasteiger partial charge in [-0.2, -0.15) is 11.8 Å². The molecule has 0 radical (unpaired) electrons. The summed E-state index contributed by atoms with van der Waals surface area (Å²) >= 11 is 8.96. The molecule has 0 atom stereocenters. The highest BCUT2D eigenvalue weighted by Crippen LogP contribution is 2.19. The molecule has 0 aliphatic heterocycles. The van der Waals surface area contributed by atoms with Crippen molar-refractivity contribution in [1.82, 2.24) is 15.1 Å². The van der Waals surface area contributed by atoms with Crippen LogP contribution in [0, 0.1) is 0 Å². The molecule has 0 saturated heterocycles. The van der Waals surface area contributed by atoms with Crippen molar-refractivity contribution in [1.29, 1.82) is 0 Å². The van der Waals surface area contributed by atoms with E-state index in [2.05, 4.69) is 29.2 Å². The summed E-state index contributed by atoms with van der Waals surface area (Å²) in [6.07, 6.45) is 0. The third kappa shape index (κ3) is 4.81. The Bertz CT molecular complexity index is 252. The zero-order valence-corrected chi connectivity index (χ0v) is 10.0. The SMILES string of the molecule is CN(C)CCSCc1nnc(Cl)s1. The predicted octanol–water partition coefficient (Wildman–Crippen LogP) is 1.99. The lowest BCUT2D eigenvalue weighted by Crippen LogP contribution is -2.14. The van der Waals surface area contributed by atoms with Crippen molar-refractivity contribution in [2.45, 2.75) is 5.75 Å². The lowest BCUT2D eigenvalue weighted by atomic mass is 10.7. The molecule has 0 amide bonds. The fraction of sp³-hybridized carbons (Fsp3) is 0.714. The lowest BCUT2D eigenvalue weighted by Gasteiger charge is -2.07.